The van der Waals surface area contributed by atoms with Gasteiger partial charge in [0.05, 0.1) is 16.2 Å². The maximum atomic E-state index is 13.1. The molecule has 0 radical (unpaired) electrons. The minimum absolute atomic E-state index is 0.0493. The third kappa shape index (κ3) is 3.80. The van der Waals surface area contributed by atoms with Crippen LogP contribution < -0.4 is 5.56 Å². The topological polar surface area (TPSA) is 73.8 Å². The van der Waals surface area contributed by atoms with E-state index in [0.29, 0.717) is 33.4 Å². The van der Waals surface area contributed by atoms with Crippen LogP contribution in [0, 0.1) is 5.82 Å². The molecule has 0 saturated heterocycles. The number of rotatable bonds is 5. The first kappa shape index (κ1) is 19.3. The van der Waals surface area contributed by atoms with E-state index in [0.717, 1.165) is 0 Å². The molecule has 2 heterocycles. The SMILES string of the molecule is CC(C)n1c(S[C@H](C)c2nnc(-c3ccc(F)cc3)o2)nc2ccccc2c1=O. The lowest BCUT2D eigenvalue weighted by Gasteiger charge is -2.17. The Balaban J connectivity index is 1.67. The van der Waals surface area contributed by atoms with E-state index in [9.17, 15) is 9.18 Å². The van der Waals surface area contributed by atoms with Crippen molar-refractivity contribution in [1.82, 2.24) is 19.7 Å². The van der Waals surface area contributed by atoms with Crippen LogP contribution in [0.15, 0.2) is 62.9 Å². The Labute approximate surface area is 170 Å². The fraction of sp³-hybridized carbons (Fsp3) is 0.238. The lowest BCUT2D eigenvalue weighted by Crippen LogP contribution is -2.25. The van der Waals surface area contributed by atoms with Crippen molar-refractivity contribution in [3.8, 4) is 11.5 Å². The summed E-state index contributed by atoms with van der Waals surface area (Å²) < 4.78 is 20.6. The van der Waals surface area contributed by atoms with Crippen LogP contribution in [0.25, 0.3) is 22.4 Å². The van der Waals surface area contributed by atoms with Crippen LogP contribution in [-0.4, -0.2) is 19.7 Å². The minimum atomic E-state index is -0.327. The van der Waals surface area contributed by atoms with E-state index in [2.05, 4.69) is 10.2 Å². The molecular formula is C21H19FN4O2S. The molecule has 0 fully saturated rings. The van der Waals surface area contributed by atoms with Crippen LogP contribution in [0.2, 0.25) is 0 Å². The molecule has 2 aromatic heterocycles. The fourth-order valence-electron chi connectivity index (χ4n) is 2.98. The zero-order valence-electron chi connectivity index (χ0n) is 16.2. The number of aromatic nitrogens is 4. The van der Waals surface area contributed by atoms with Crippen molar-refractivity contribution in [3.63, 3.8) is 0 Å². The van der Waals surface area contributed by atoms with Crippen LogP contribution >= 0.6 is 11.8 Å². The second kappa shape index (κ2) is 7.79. The number of halogens is 1. The van der Waals surface area contributed by atoms with E-state index in [-0.39, 0.29) is 22.7 Å². The van der Waals surface area contributed by atoms with Gasteiger partial charge >= 0.3 is 0 Å². The summed E-state index contributed by atoms with van der Waals surface area (Å²) in [6.45, 7) is 5.82. The Bertz CT molecular complexity index is 1220. The predicted octanol–water partition coefficient (Wildman–Crippen LogP) is 5.02. The summed E-state index contributed by atoms with van der Waals surface area (Å²) in [5.74, 6) is 0.402. The molecule has 29 heavy (non-hydrogen) atoms. The summed E-state index contributed by atoms with van der Waals surface area (Å²) in [5, 5.41) is 9.15. The first-order valence-electron chi connectivity index (χ1n) is 9.21. The smallest absolute Gasteiger partial charge is 0.262 e. The lowest BCUT2D eigenvalue weighted by molar-refractivity contribution is 0.502. The summed E-state index contributed by atoms with van der Waals surface area (Å²) in [4.78, 5) is 17.6. The zero-order valence-corrected chi connectivity index (χ0v) is 17.0. The zero-order chi connectivity index (χ0) is 20.5. The van der Waals surface area contributed by atoms with Gasteiger partial charge in [-0.25, -0.2) is 9.37 Å². The van der Waals surface area contributed by atoms with E-state index >= 15 is 0 Å². The molecule has 4 aromatic rings. The van der Waals surface area contributed by atoms with Crippen LogP contribution in [0.3, 0.4) is 0 Å². The number of hydrogen-bond acceptors (Lipinski definition) is 6. The van der Waals surface area contributed by atoms with Crippen LogP contribution in [0.5, 0.6) is 0 Å². The molecule has 148 valence electrons. The van der Waals surface area contributed by atoms with Crippen molar-refractivity contribution in [2.75, 3.05) is 0 Å². The van der Waals surface area contributed by atoms with Gasteiger partial charge in [0.1, 0.15) is 5.82 Å². The van der Waals surface area contributed by atoms with Crippen molar-refractivity contribution in [1.29, 1.82) is 0 Å². The molecule has 0 unspecified atom stereocenters. The van der Waals surface area contributed by atoms with Gasteiger partial charge in [-0.15, -0.1) is 10.2 Å². The molecule has 8 heteroatoms. The molecule has 6 nitrogen and oxygen atoms in total. The Morgan fingerprint density at radius 2 is 1.76 bits per heavy atom. The summed E-state index contributed by atoms with van der Waals surface area (Å²) in [7, 11) is 0. The molecule has 0 N–H and O–H groups in total. The highest BCUT2D eigenvalue weighted by atomic mass is 32.2. The van der Waals surface area contributed by atoms with Gasteiger partial charge in [-0.3, -0.25) is 9.36 Å². The second-order valence-electron chi connectivity index (χ2n) is 6.89. The van der Waals surface area contributed by atoms with E-state index in [1.54, 1.807) is 22.8 Å². The van der Waals surface area contributed by atoms with Gasteiger partial charge in [-0.1, -0.05) is 23.9 Å². The van der Waals surface area contributed by atoms with Crippen molar-refractivity contribution in [2.24, 2.45) is 0 Å². The van der Waals surface area contributed by atoms with Crippen LogP contribution in [0.4, 0.5) is 4.39 Å². The molecule has 0 aliphatic rings. The monoisotopic (exact) mass is 410 g/mol. The molecule has 4 rings (SSSR count). The third-order valence-electron chi connectivity index (χ3n) is 4.45. The van der Waals surface area contributed by atoms with E-state index in [4.69, 9.17) is 9.40 Å². The molecule has 2 aromatic carbocycles. The molecule has 0 saturated carbocycles. The molecule has 1 atom stereocenters. The average molecular weight is 410 g/mol. The van der Waals surface area contributed by atoms with Gasteiger partial charge in [0, 0.05) is 11.6 Å². The number of hydrogen-bond donors (Lipinski definition) is 0. The Morgan fingerprint density at radius 3 is 2.48 bits per heavy atom. The van der Waals surface area contributed by atoms with Gasteiger partial charge in [0.25, 0.3) is 5.56 Å². The Morgan fingerprint density at radius 1 is 1.03 bits per heavy atom. The highest BCUT2D eigenvalue weighted by molar-refractivity contribution is 7.99. The molecule has 0 aliphatic heterocycles. The minimum Gasteiger partial charge on any atom is -0.419 e. The van der Waals surface area contributed by atoms with Crippen molar-refractivity contribution in [2.45, 2.75) is 37.2 Å². The number of para-hydroxylation sites is 1. The molecule has 0 bridgehead atoms. The van der Waals surface area contributed by atoms with Gasteiger partial charge < -0.3 is 4.42 Å². The van der Waals surface area contributed by atoms with Gasteiger partial charge in [-0.2, -0.15) is 0 Å². The largest absolute Gasteiger partial charge is 0.419 e. The first-order valence-corrected chi connectivity index (χ1v) is 10.1. The number of benzene rings is 2. The second-order valence-corrected chi connectivity index (χ2v) is 8.20. The van der Waals surface area contributed by atoms with Crippen LogP contribution in [0.1, 0.15) is 38.0 Å². The molecule has 0 amide bonds. The van der Waals surface area contributed by atoms with Crippen molar-refractivity contribution >= 4 is 22.7 Å². The molecule has 0 spiro atoms. The quantitative estimate of drug-likeness (QED) is 0.340. The maximum absolute atomic E-state index is 13.1. The van der Waals surface area contributed by atoms with E-state index in [1.807, 2.05) is 39.0 Å². The average Bonchev–Trinajstić information content (AvgIpc) is 3.19. The third-order valence-corrected chi connectivity index (χ3v) is 5.51. The summed E-state index contributed by atoms with van der Waals surface area (Å²) in [6.07, 6.45) is 0. The number of nitrogens with zero attached hydrogens (tertiary/aromatic N) is 4. The number of fused-ring (bicyclic) bond motifs is 1. The van der Waals surface area contributed by atoms with Crippen LogP contribution in [-0.2, 0) is 0 Å². The van der Waals surface area contributed by atoms with Gasteiger partial charge in [0.2, 0.25) is 11.8 Å². The van der Waals surface area contributed by atoms with Gasteiger partial charge in [0.15, 0.2) is 5.16 Å². The summed E-state index contributed by atoms with van der Waals surface area (Å²) in [6, 6.07) is 13.1. The van der Waals surface area contributed by atoms with Crippen molar-refractivity contribution < 1.29 is 8.81 Å². The molecule has 0 aliphatic carbocycles. The normalized spacial score (nSPS) is 12.6. The highest BCUT2D eigenvalue weighted by Gasteiger charge is 2.21. The summed E-state index contributed by atoms with van der Waals surface area (Å²) in [5.41, 5.74) is 1.23. The Kier molecular flexibility index (Phi) is 5.19. The van der Waals surface area contributed by atoms with Crippen molar-refractivity contribution in [3.05, 3.63) is 70.6 Å². The number of thioether (sulfide) groups is 1. The lowest BCUT2D eigenvalue weighted by atomic mass is 10.2. The standard InChI is InChI=1S/C21H19FN4O2S/c1-12(2)26-20(27)16-6-4-5-7-17(16)23-21(26)29-13(3)18-24-25-19(28-18)14-8-10-15(22)11-9-14/h4-13H,1-3H3/t13-/m1/s1. The summed E-state index contributed by atoms with van der Waals surface area (Å²) >= 11 is 1.39. The fourth-order valence-corrected chi connectivity index (χ4v) is 4.05. The van der Waals surface area contributed by atoms with E-state index < -0.39 is 0 Å². The molecular weight excluding hydrogens is 391 g/mol. The predicted molar refractivity (Wildman–Crippen MR) is 110 cm³/mol. The maximum Gasteiger partial charge on any atom is 0.262 e. The Hall–Kier alpha value is -3.00. The highest BCUT2D eigenvalue weighted by Crippen LogP contribution is 2.35. The van der Waals surface area contributed by atoms with Gasteiger partial charge in [-0.05, 0) is 57.2 Å². The van der Waals surface area contributed by atoms with E-state index in [1.165, 1.54) is 23.9 Å². The first-order chi connectivity index (χ1) is 13.9.